The van der Waals surface area contributed by atoms with Gasteiger partial charge in [0.25, 0.3) is 0 Å². The van der Waals surface area contributed by atoms with Crippen LogP contribution in [0.15, 0.2) is 24.3 Å². The normalized spacial score (nSPS) is 11.5. The molecule has 3 heteroatoms. The molecule has 0 aromatic heterocycles. The van der Waals surface area contributed by atoms with Crippen LogP contribution in [0.1, 0.15) is 32.3 Å². The molecule has 0 spiro atoms. The van der Waals surface area contributed by atoms with Crippen molar-refractivity contribution in [2.75, 3.05) is 27.3 Å². The number of rotatable bonds is 8. The van der Waals surface area contributed by atoms with E-state index in [1.165, 1.54) is 12.0 Å². The summed E-state index contributed by atoms with van der Waals surface area (Å²) >= 11 is 0. The minimum atomic E-state index is 0.825. The second kappa shape index (κ2) is 8.59. The molecule has 1 aromatic carbocycles. The molecule has 0 heterocycles. The maximum absolute atomic E-state index is 5.29. The lowest BCUT2D eigenvalue weighted by Crippen LogP contribution is -2.15. The third kappa shape index (κ3) is 5.35. The first-order valence-corrected chi connectivity index (χ1v) is 6.82. The van der Waals surface area contributed by atoms with E-state index in [9.17, 15) is 0 Å². The smallest absolute Gasteiger partial charge is 0.123 e. The Morgan fingerprint density at radius 1 is 1.11 bits per heavy atom. The van der Waals surface area contributed by atoms with Gasteiger partial charge >= 0.3 is 0 Å². The highest BCUT2D eigenvalue weighted by molar-refractivity contribution is 5.66. The zero-order chi connectivity index (χ0) is 14.1. The molecule has 0 saturated heterocycles. The van der Waals surface area contributed by atoms with Gasteiger partial charge in [-0.15, -0.1) is 0 Å². The van der Waals surface area contributed by atoms with Gasteiger partial charge in [-0.2, -0.15) is 0 Å². The maximum atomic E-state index is 5.29. The van der Waals surface area contributed by atoms with Gasteiger partial charge < -0.3 is 14.8 Å². The minimum Gasteiger partial charge on any atom is -0.497 e. The van der Waals surface area contributed by atoms with Crippen molar-refractivity contribution in [1.29, 1.82) is 0 Å². The van der Waals surface area contributed by atoms with E-state index in [1.807, 2.05) is 18.2 Å². The van der Waals surface area contributed by atoms with Gasteiger partial charge in [-0.1, -0.05) is 13.0 Å². The predicted molar refractivity (Wildman–Crippen MR) is 81.0 cm³/mol. The summed E-state index contributed by atoms with van der Waals surface area (Å²) in [6.07, 6.45) is 4.46. The average molecular weight is 263 g/mol. The number of methoxy groups -OCH3 is 2. The summed E-state index contributed by atoms with van der Waals surface area (Å²) in [6.45, 7) is 6.40. The zero-order valence-electron chi connectivity index (χ0n) is 12.5. The van der Waals surface area contributed by atoms with Crippen molar-refractivity contribution in [3.63, 3.8) is 0 Å². The number of benzene rings is 1. The van der Waals surface area contributed by atoms with Crippen molar-refractivity contribution < 1.29 is 9.47 Å². The molecule has 0 atom stereocenters. The van der Waals surface area contributed by atoms with E-state index >= 15 is 0 Å². The number of hydrogen-bond acceptors (Lipinski definition) is 3. The van der Waals surface area contributed by atoms with E-state index < -0.39 is 0 Å². The van der Waals surface area contributed by atoms with Crippen LogP contribution < -0.4 is 14.8 Å². The lowest BCUT2D eigenvalue weighted by Gasteiger charge is -2.09. The van der Waals surface area contributed by atoms with Crippen LogP contribution in [0.3, 0.4) is 0 Å². The van der Waals surface area contributed by atoms with Crippen LogP contribution in [0.25, 0.3) is 5.57 Å². The van der Waals surface area contributed by atoms with Gasteiger partial charge in [-0.3, -0.25) is 0 Å². The Morgan fingerprint density at radius 3 is 2.26 bits per heavy atom. The molecule has 0 fully saturated rings. The van der Waals surface area contributed by atoms with Crippen LogP contribution in [0, 0.1) is 0 Å². The fourth-order valence-corrected chi connectivity index (χ4v) is 1.85. The highest BCUT2D eigenvalue weighted by atomic mass is 16.5. The fraction of sp³-hybridized carbons (Fsp3) is 0.500. The van der Waals surface area contributed by atoms with Gasteiger partial charge in [-0.25, -0.2) is 0 Å². The summed E-state index contributed by atoms with van der Waals surface area (Å²) in [6, 6.07) is 5.96. The molecule has 1 aromatic rings. The third-order valence-electron chi connectivity index (χ3n) is 3.01. The van der Waals surface area contributed by atoms with Gasteiger partial charge in [0.1, 0.15) is 11.5 Å². The van der Waals surface area contributed by atoms with Crippen molar-refractivity contribution in [2.24, 2.45) is 0 Å². The molecule has 0 saturated carbocycles. The second-order valence-corrected chi connectivity index (χ2v) is 4.53. The van der Waals surface area contributed by atoms with Crippen molar-refractivity contribution in [1.82, 2.24) is 5.32 Å². The van der Waals surface area contributed by atoms with Crippen molar-refractivity contribution in [2.45, 2.75) is 26.7 Å². The second-order valence-electron chi connectivity index (χ2n) is 4.53. The molecule has 0 unspecified atom stereocenters. The SMILES string of the molecule is CCCNCCC=C(C)c1cc(OC)cc(OC)c1. The first kappa shape index (κ1) is 15.6. The largest absolute Gasteiger partial charge is 0.497 e. The Balaban J connectivity index is 2.69. The molecule has 0 radical (unpaired) electrons. The number of allylic oxidation sites excluding steroid dienone is 1. The highest BCUT2D eigenvalue weighted by Gasteiger charge is 2.03. The van der Waals surface area contributed by atoms with Gasteiger partial charge in [-0.05, 0) is 56.1 Å². The van der Waals surface area contributed by atoms with Gasteiger partial charge in [0.15, 0.2) is 0 Å². The van der Waals surface area contributed by atoms with E-state index in [1.54, 1.807) is 14.2 Å². The minimum absolute atomic E-state index is 0.825. The van der Waals surface area contributed by atoms with Gasteiger partial charge in [0.05, 0.1) is 14.2 Å². The number of nitrogens with one attached hydrogen (secondary N) is 1. The number of ether oxygens (including phenoxy) is 2. The molecule has 19 heavy (non-hydrogen) atoms. The Hall–Kier alpha value is -1.48. The van der Waals surface area contributed by atoms with E-state index in [4.69, 9.17) is 9.47 Å². The van der Waals surface area contributed by atoms with E-state index in [0.29, 0.717) is 0 Å². The summed E-state index contributed by atoms with van der Waals surface area (Å²) in [5, 5.41) is 3.39. The van der Waals surface area contributed by atoms with Crippen molar-refractivity contribution >= 4 is 5.57 Å². The van der Waals surface area contributed by atoms with E-state index in [-0.39, 0.29) is 0 Å². The van der Waals surface area contributed by atoms with Crippen LogP contribution in [-0.4, -0.2) is 27.3 Å². The summed E-state index contributed by atoms with van der Waals surface area (Å²) in [5.41, 5.74) is 2.39. The van der Waals surface area contributed by atoms with Crippen molar-refractivity contribution in [3.8, 4) is 11.5 Å². The molecule has 0 aliphatic rings. The first-order valence-electron chi connectivity index (χ1n) is 6.82. The maximum Gasteiger partial charge on any atom is 0.123 e. The van der Waals surface area contributed by atoms with Crippen LogP contribution in [0.4, 0.5) is 0 Å². The fourth-order valence-electron chi connectivity index (χ4n) is 1.85. The summed E-state index contributed by atoms with van der Waals surface area (Å²) in [4.78, 5) is 0. The van der Waals surface area contributed by atoms with E-state index in [2.05, 4.69) is 25.2 Å². The monoisotopic (exact) mass is 263 g/mol. The molecule has 106 valence electrons. The van der Waals surface area contributed by atoms with Crippen LogP contribution in [-0.2, 0) is 0 Å². The predicted octanol–water partition coefficient (Wildman–Crippen LogP) is 3.50. The molecule has 0 amide bonds. The molecule has 1 N–H and O–H groups in total. The molecule has 3 nitrogen and oxygen atoms in total. The van der Waals surface area contributed by atoms with Crippen LogP contribution >= 0.6 is 0 Å². The highest BCUT2D eigenvalue weighted by Crippen LogP contribution is 2.26. The standard InChI is InChI=1S/C16H25NO2/c1-5-8-17-9-6-7-13(2)14-10-15(18-3)12-16(11-14)19-4/h7,10-12,17H,5-6,8-9H2,1-4H3. The molecular weight excluding hydrogens is 238 g/mol. The summed E-state index contributed by atoms with van der Waals surface area (Å²) < 4.78 is 10.6. The quantitative estimate of drug-likeness (QED) is 0.728. The van der Waals surface area contributed by atoms with Crippen molar-refractivity contribution in [3.05, 3.63) is 29.8 Å². The van der Waals surface area contributed by atoms with E-state index in [0.717, 1.165) is 36.6 Å². The molecule has 1 rings (SSSR count). The molecular formula is C16H25NO2. The Bertz CT molecular complexity index is 391. The van der Waals surface area contributed by atoms with Gasteiger partial charge in [0, 0.05) is 6.07 Å². The lowest BCUT2D eigenvalue weighted by molar-refractivity contribution is 0.394. The first-order chi connectivity index (χ1) is 9.21. The summed E-state index contributed by atoms with van der Waals surface area (Å²) in [5.74, 6) is 1.65. The number of hydrogen-bond donors (Lipinski definition) is 1. The Kier molecular flexibility index (Phi) is 7.04. The Labute approximate surface area is 116 Å². The van der Waals surface area contributed by atoms with Crippen LogP contribution in [0.5, 0.6) is 11.5 Å². The molecule has 0 bridgehead atoms. The zero-order valence-corrected chi connectivity index (χ0v) is 12.5. The average Bonchev–Trinajstić information content (AvgIpc) is 2.46. The topological polar surface area (TPSA) is 30.5 Å². The molecule has 0 aliphatic carbocycles. The van der Waals surface area contributed by atoms with Crippen LogP contribution in [0.2, 0.25) is 0 Å². The third-order valence-corrected chi connectivity index (χ3v) is 3.01. The van der Waals surface area contributed by atoms with Gasteiger partial charge in [0.2, 0.25) is 0 Å². The molecule has 0 aliphatic heterocycles. The lowest BCUT2D eigenvalue weighted by atomic mass is 10.1. The Morgan fingerprint density at radius 2 is 1.74 bits per heavy atom. The summed E-state index contributed by atoms with van der Waals surface area (Å²) in [7, 11) is 3.35.